The molecule has 94 valence electrons. The highest BCUT2D eigenvalue weighted by Crippen LogP contribution is 2.06. The number of anilines is 1. The van der Waals surface area contributed by atoms with Gasteiger partial charge in [0, 0.05) is 18.3 Å². The molecule has 0 saturated heterocycles. The molecule has 17 heavy (non-hydrogen) atoms. The molecule has 0 fully saturated rings. The van der Waals surface area contributed by atoms with Crippen molar-refractivity contribution in [2.45, 2.75) is 32.2 Å². The van der Waals surface area contributed by atoms with Gasteiger partial charge in [0.2, 0.25) is 5.91 Å². The van der Waals surface area contributed by atoms with Gasteiger partial charge in [-0.25, -0.2) is 0 Å². The van der Waals surface area contributed by atoms with Crippen molar-refractivity contribution in [3.63, 3.8) is 0 Å². The molecular weight excluding hydrogens is 216 g/mol. The highest BCUT2D eigenvalue weighted by Gasteiger charge is 2.07. The van der Waals surface area contributed by atoms with Crippen LogP contribution < -0.4 is 11.1 Å². The van der Waals surface area contributed by atoms with E-state index in [4.69, 9.17) is 10.8 Å². The van der Waals surface area contributed by atoms with Crippen molar-refractivity contribution in [1.29, 1.82) is 0 Å². The summed E-state index contributed by atoms with van der Waals surface area (Å²) in [7, 11) is 0. The average Bonchev–Trinajstić information content (AvgIpc) is 2.29. The van der Waals surface area contributed by atoms with Gasteiger partial charge >= 0.3 is 0 Å². The molecule has 1 aromatic carbocycles. The van der Waals surface area contributed by atoms with Gasteiger partial charge in [-0.2, -0.15) is 0 Å². The molecule has 0 radical (unpaired) electrons. The topological polar surface area (TPSA) is 75.3 Å². The van der Waals surface area contributed by atoms with Crippen LogP contribution in [0.15, 0.2) is 24.3 Å². The number of hydrogen-bond donors (Lipinski definition) is 3. The number of benzene rings is 1. The summed E-state index contributed by atoms with van der Waals surface area (Å²) in [6.45, 7) is 2.11. The zero-order valence-electron chi connectivity index (χ0n) is 10.1. The molecule has 0 aliphatic rings. The fourth-order valence-corrected chi connectivity index (χ4v) is 1.62. The largest absolute Gasteiger partial charge is 0.399 e. The second-order valence-electron chi connectivity index (χ2n) is 4.25. The van der Waals surface area contributed by atoms with Gasteiger partial charge in [0.15, 0.2) is 0 Å². The minimum Gasteiger partial charge on any atom is -0.399 e. The van der Waals surface area contributed by atoms with Crippen molar-refractivity contribution in [2.24, 2.45) is 0 Å². The number of carbonyl (C=O) groups is 1. The molecule has 4 nitrogen and oxygen atoms in total. The van der Waals surface area contributed by atoms with E-state index in [1.165, 1.54) is 0 Å². The Bertz CT molecular complexity index is 349. The molecular formula is C13H20N2O2. The first-order chi connectivity index (χ1) is 8.11. The maximum absolute atomic E-state index is 11.7. The van der Waals surface area contributed by atoms with Gasteiger partial charge in [-0.15, -0.1) is 0 Å². The smallest absolute Gasteiger partial charge is 0.224 e. The van der Waals surface area contributed by atoms with E-state index in [2.05, 4.69) is 5.32 Å². The van der Waals surface area contributed by atoms with Crippen molar-refractivity contribution in [1.82, 2.24) is 5.32 Å². The Morgan fingerprint density at radius 3 is 2.65 bits per heavy atom. The number of rotatable bonds is 6. The second kappa shape index (κ2) is 6.91. The molecule has 4 heteroatoms. The van der Waals surface area contributed by atoms with E-state index in [0.29, 0.717) is 18.5 Å². The zero-order valence-corrected chi connectivity index (χ0v) is 10.1. The van der Waals surface area contributed by atoms with Gasteiger partial charge in [0.1, 0.15) is 0 Å². The Hall–Kier alpha value is -1.55. The predicted octanol–water partition coefficient (Wildman–Crippen LogP) is 1.09. The number of aliphatic hydroxyl groups is 1. The summed E-state index contributed by atoms with van der Waals surface area (Å²) in [6, 6.07) is 7.39. The maximum atomic E-state index is 11.7. The molecule has 1 rings (SSSR count). The van der Waals surface area contributed by atoms with Crippen molar-refractivity contribution >= 4 is 11.6 Å². The van der Waals surface area contributed by atoms with Gasteiger partial charge < -0.3 is 16.2 Å². The van der Waals surface area contributed by atoms with Crippen LogP contribution in [0.1, 0.15) is 25.3 Å². The molecule has 0 heterocycles. The van der Waals surface area contributed by atoms with E-state index in [-0.39, 0.29) is 18.6 Å². The van der Waals surface area contributed by atoms with Crippen molar-refractivity contribution in [2.75, 3.05) is 12.3 Å². The second-order valence-corrected chi connectivity index (χ2v) is 4.25. The average molecular weight is 236 g/mol. The number of nitrogen functional groups attached to an aromatic ring is 1. The van der Waals surface area contributed by atoms with Crippen LogP contribution in [0.2, 0.25) is 0 Å². The highest BCUT2D eigenvalue weighted by molar-refractivity contribution is 5.78. The van der Waals surface area contributed by atoms with Crippen LogP contribution in [-0.4, -0.2) is 23.7 Å². The summed E-state index contributed by atoms with van der Waals surface area (Å²) in [5.74, 6) is 0.000196. The molecule has 1 unspecified atom stereocenters. The van der Waals surface area contributed by atoms with Gasteiger partial charge in [-0.1, -0.05) is 12.1 Å². The van der Waals surface area contributed by atoms with Gasteiger partial charge in [0.25, 0.3) is 0 Å². The lowest BCUT2D eigenvalue weighted by Gasteiger charge is -2.13. The SMILES string of the molecule is CC(CCCO)NC(=O)Cc1ccc(N)cc1. The Balaban J connectivity index is 2.36. The summed E-state index contributed by atoms with van der Waals surface area (Å²) in [4.78, 5) is 11.7. The van der Waals surface area contributed by atoms with Crippen molar-refractivity contribution < 1.29 is 9.90 Å². The minimum atomic E-state index is 0.000196. The van der Waals surface area contributed by atoms with E-state index < -0.39 is 0 Å². The number of carbonyl (C=O) groups excluding carboxylic acids is 1. The van der Waals surface area contributed by atoms with Crippen LogP contribution in [0.5, 0.6) is 0 Å². The Labute approximate surface area is 102 Å². The van der Waals surface area contributed by atoms with E-state index in [1.54, 1.807) is 12.1 Å². The summed E-state index contributed by atoms with van der Waals surface area (Å²) in [6.07, 6.45) is 1.87. The first kappa shape index (κ1) is 13.5. The fourth-order valence-electron chi connectivity index (χ4n) is 1.62. The summed E-state index contributed by atoms with van der Waals surface area (Å²) >= 11 is 0. The predicted molar refractivity (Wildman–Crippen MR) is 68.5 cm³/mol. The Kier molecular flexibility index (Phi) is 5.49. The molecule has 0 saturated carbocycles. The van der Waals surface area contributed by atoms with Crippen LogP contribution in [0.3, 0.4) is 0 Å². The lowest BCUT2D eigenvalue weighted by atomic mass is 10.1. The molecule has 0 aliphatic carbocycles. The third-order valence-electron chi connectivity index (χ3n) is 2.55. The third kappa shape index (κ3) is 5.36. The van der Waals surface area contributed by atoms with Gasteiger partial charge in [0.05, 0.1) is 6.42 Å². The monoisotopic (exact) mass is 236 g/mol. The third-order valence-corrected chi connectivity index (χ3v) is 2.55. The highest BCUT2D eigenvalue weighted by atomic mass is 16.2. The molecule has 0 spiro atoms. The maximum Gasteiger partial charge on any atom is 0.224 e. The molecule has 1 amide bonds. The molecule has 0 aliphatic heterocycles. The Morgan fingerprint density at radius 2 is 2.06 bits per heavy atom. The quantitative estimate of drug-likeness (QED) is 0.647. The van der Waals surface area contributed by atoms with Crippen LogP contribution >= 0.6 is 0 Å². The first-order valence-electron chi connectivity index (χ1n) is 5.86. The van der Waals surface area contributed by atoms with Gasteiger partial charge in [-0.3, -0.25) is 4.79 Å². The Morgan fingerprint density at radius 1 is 1.41 bits per heavy atom. The normalized spacial score (nSPS) is 12.1. The lowest BCUT2D eigenvalue weighted by molar-refractivity contribution is -0.121. The van der Waals surface area contributed by atoms with Crippen molar-refractivity contribution in [3.05, 3.63) is 29.8 Å². The summed E-state index contributed by atoms with van der Waals surface area (Å²) in [5, 5.41) is 11.6. The summed E-state index contributed by atoms with van der Waals surface area (Å²) in [5.41, 5.74) is 7.22. The summed E-state index contributed by atoms with van der Waals surface area (Å²) < 4.78 is 0. The van der Waals surface area contributed by atoms with E-state index >= 15 is 0 Å². The minimum absolute atomic E-state index is 0.000196. The van der Waals surface area contributed by atoms with Gasteiger partial charge in [-0.05, 0) is 37.5 Å². The molecule has 1 aromatic rings. The van der Waals surface area contributed by atoms with E-state index in [0.717, 1.165) is 12.0 Å². The van der Waals surface area contributed by atoms with Crippen LogP contribution in [0, 0.1) is 0 Å². The number of hydrogen-bond acceptors (Lipinski definition) is 3. The molecule has 1 atom stereocenters. The fraction of sp³-hybridized carbons (Fsp3) is 0.462. The molecule has 4 N–H and O–H groups in total. The number of nitrogens with two attached hydrogens (primary N) is 1. The van der Waals surface area contributed by atoms with Crippen LogP contribution in [0.25, 0.3) is 0 Å². The van der Waals surface area contributed by atoms with E-state index in [1.807, 2.05) is 19.1 Å². The number of aliphatic hydroxyl groups excluding tert-OH is 1. The number of nitrogens with one attached hydrogen (secondary N) is 1. The number of amides is 1. The molecule has 0 aromatic heterocycles. The zero-order chi connectivity index (χ0) is 12.7. The van der Waals surface area contributed by atoms with Crippen molar-refractivity contribution in [3.8, 4) is 0 Å². The first-order valence-corrected chi connectivity index (χ1v) is 5.86. The van der Waals surface area contributed by atoms with E-state index in [9.17, 15) is 4.79 Å². The molecule has 0 bridgehead atoms. The van der Waals surface area contributed by atoms with Crippen LogP contribution in [-0.2, 0) is 11.2 Å². The standard InChI is InChI=1S/C13H20N2O2/c1-10(3-2-8-16)15-13(17)9-11-4-6-12(14)7-5-11/h4-7,10,16H,2-3,8-9,14H2,1H3,(H,15,17). The van der Waals surface area contributed by atoms with Crippen LogP contribution in [0.4, 0.5) is 5.69 Å². The lowest BCUT2D eigenvalue weighted by Crippen LogP contribution is -2.33.